The minimum atomic E-state index is -0.234. The molecule has 1 aliphatic carbocycles. The van der Waals surface area contributed by atoms with E-state index < -0.39 is 0 Å². The summed E-state index contributed by atoms with van der Waals surface area (Å²) < 4.78 is 0. The zero-order valence-corrected chi connectivity index (χ0v) is 10.8. The van der Waals surface area contributed by atoms with Crippen LogP contribution < -0.4 is 0 Å². The van der Waals surface area contributed by atoms with Crippen molar-refractivity contribution in [3.63, 3.8) is 0 Å². The van der Waals surface area contributed by atoms with Crippen LogP contribution in [0.4, 0.5) is 0 Å². The number of rotatable bonds is 3. The third kappa shape index (κ3) is 3.42. The van der Waals surface area contributed by atoms with E-state index in [2.05, 4.69) is 4.90 Å². The molecular weight excluding hydrogens is 216 g/mol. The molecule has 1 N–H and O–H groups in total. The largest absolute Gasteiger partial charge is 0.392 e. The Kier molecular flexibility index (Phi) is 4.40. The lowest BCUT2D eigenvalue weighted by atomic mass is 9.94. The van der Waals surface area contributed by atoms with E-state index in [1.165, 1.54) is 19.3 Å². The highest BCUT2D eigenvalue weighted by Gasteiger charge is 2.26. The molecule has 1 saturated carbocycles. The van der Waals surface area contributed by atoms with Crippen LogP contribution in [0.15, 0.2) is 0 Å². The van der Waals surface area contributed by atoms with Crippen molar-refractivity contribution in [2.75, 3.05) is 26.7 Å². The van der Waals surface area contributed by atoms with Crippen LogP contribution in [-0.4, -0.2) is 59.6 Å². The molecule has 2 aliphatic rings. The maximum atomic E-state index is 12.1. The van der Waals surface area contributed by atoms with Crippen molar-refractivity contribution in [1.82, 2.24) is 9.80 Å². The highest BCUT2D eigenvalue weighted by atomic mass is 16.3. The number of nitrogens with zero attached hydrogens (tertiary/aromatic N) is 2. The van der Waals surface area contributed by atoms with Crippen LogP contribution in [0.1, 0.15) is 38.5 Å². The van der Waals surface area contributed by atoms with Gasteiger partial charge in [-0.3, -0.25) is 9.69 Å². The summed E-state index contributed by atoms with van der Waals surface area (Å²) in [6, 6.07) is 0.448. The topological polar surface area (TPSA) is 43.8 Å². The predicted molar refractivity (Wildman–Crippen MR) is 66.7 cm³/mol. The summed E-state index contributed by atoms with van der Waals surface area (Å²) in [5.74, 6) is 0.214. The third-order valence-corrected chi connectivity index (χ3v) is 4.12. The zero-order valence-electron chi connectivity index (χ0n) is 10.8. The van der Waals surface area contributed by atoms with E-state index in [0.29, 0.717) is 19.1 Å². The number of hydrogen-bond acceptors (Lipinski definition) is 3. The van der Waals surface area contributed by atoms with Crippen LogP contribution in [-0.2, 0) is 4.79 Å². The van der Waals surface area contributed by atoms with Gasteiger partial charge >= 0.3 is 0 Å². The molecule has 17 heavy (non-hydrogen) atoms. The smallest absolute Gasteiger partial charge is 0.236 e. The Hall–Kier alpha value is -0.610. The molecule has 1 heterocycles. The molecule has 0 aromatic rings. The third-order valence-electron chi connectivity index (χ3n) is 4.12. The minimum absolute atomic E-state index is 0.214. The van der Waals surface area contributed by atoms with Gasteiger partial charge in [0.1, 0.15) is 0 Å². The lowest BCUT2D eigenvalue weighted by Gasteiger charge is -2.32. The van der Waals surface area contributed by atoms with Crippen LogP contribution in [0.25, 0.3) is 0 Å². The first-order chi connectivity index (χ1) is 8.16. The summed E-state index contributed by atoms with van der Waals surface area (Å²) >= 11 is 0. The highest BCUT2D eigenvalue weighted by Crippen LogP contribution is 2.22. The number of likely N-dealkylation sites (N-methyl/N-ethyl adjacent to an activating group) is 1. The second kappa shape index (κ2) is 5.83. The SMILES string of the molecule is CN(C(=O)CN1CC[C@@H](O)C1)C1CCCCC1. The molecule has 1 amide bonds. The normalized spacial score (nSPS) is 27.3. The molecule has 0 bridgehead atoms. The van der Waals surface area contributed by atoms with Crippen LogP contribution in [0.3, 0.4) is 0 Å². The molecule has 98 valence electrons. The van der Waals surface area contributed by atoms with Crippen molar-refractivity contribution in [3.8, 4) is 0 Å². The molecule has 0 aromatic carbocycles. The zero-order chi connectivity index (χ0) is 12.3. The number of carbonyl (C=O) groups is 1. The van der Waals surface area contributed by atoms with E-state index in [4.69, 9.17) is 0 Å². The summed E-state index contributed by atoms with van der Waals surface area (Å²) in [5, 5.41) is 9.43. The molecule has 1 aliphatic heterocycles. The quantitative estimate of drug-likeness (QED) is 0.795. The summed E-state index contributed by atoms with van der Waals surface area (Å²) in [4.78, 5) is 16.1. The van der Waals surface area contributed by atoms with Crippen LogP contribution in [0.5, 0.6) is 0 Å². The Morgan fingerprint density at radius 1 is 1.29 bits per heavy atom. The van der Waals surface area contributed by atoms with E-state index >= 15 is 0 Å². The molecule has 2 fully saturated rings. The van der Waals surface area contributed by atoms with E-state index in [-0.39, 0.29) is 12.0 Å². The lowest BCUT2D eigenvalue weighted by molar-refractivity contribution is -0.133. The summed E-state index contributed by atoms with van der Waals surface area (Å²) in [6.07, 6.45) is 6.71. The second-order valence-corrected chi connectivity index (χ2v) is 5.47. The first kappa shape index (κ1) is 12.8. The van der Waals surface area contributed by atoms with Crippen molar-refractivity contribution in [3.05, 3.63) is 0 Å². The summed E-state index contributed by atoms with van der Waals surface area (Å²) in [7, 11) is 1.94. The summed E-state index contributed by atoms with van der Waals surface area (Å²) in [6.45, 7) is 1.99. The molecule has 0 unspecified atom stereocenters. The van der Waals surface area contributed by atoms with Gasteiger partial charge in [0.15, 0.2) is 0 Å². The average molecular weight is 240 g/mol. The van der Waals surface area contributed by atoms with Gasteiger partial charge in [-0.25, -0.2) is 0 Å². The van der Waals surface area contributed by atoms with Crippen LogP contribution in [0.2, 0.25) is 0 Å². The first-order valence-electron chi connectivity index (χ1n) is 6.83. The number of aliphatic hydroxyl groups is 1. The molecular formula is C13H24N2O2. The minimum Gasteiger partial charge on any atom is -0.392 e. The lowest BCUT2D eigenvalue weighted by Crippen LogP contribution is -2.43. The summed E-state index contributed by atoms with van der Waals surface area (Å²) in [5.41, 5.74) is 0. The highest BCUT2D eigenvalue weighted by molar-refractivity contribution is 5.78. The van der Waals surface area contributed by atoms with Gasteiger partial charge in [0.2, 0.25) is 5.91 Å². The number of aliphatic hydroxyl groups excluding tert-OH is 1. The molecule has 1 saturated heterocycles. The van der Waals surface area contributed by atoms with E-state index in [9.17, 15) is 9.90 Å². The standard InChI is InChI=1S/C13H24N2O2/c1-14(11-5-3-2-4-6-11)13(17)10-15-8-7-12(16)9-15/h11-12,16H,2-10H2,1H3/t12-/m1/s1. The molecule has 1 atom stereocenters. The molecule has 2 rings (SSSR count). The Morgan fingerprint density at radius 2 is 2.00 bits per heavy atom. The molecule has 4 heteroatoms. The van der Waals surface area contributed by atoms with Gasteiger partial charge in [-0.1, -0.05) is 19.3 Å². The fourth-order valence-electron chi connectivity index (χ4n) is 2.93. The molecule has 0 radical (unpaired) electrons. The maximum Gasteiger partial charge on any atom is 0.236 e. The Bertz CT molecular complexity index is 264. The molecule has 4 nitrogen and oxygen atoms in total. The van der Waals surface area contributed by atoms with Crippen LogP contribution >= 0.6 is 0 Å². The predicted octanol–water partition coefficient (Wildman–Crippen LogP) is 0.844. The monoisotopic (exact) mass is 240 g/mol. The van der Waals surface area contributed by atoms with E-state index in [1.54, 1.807) is 0 Å². The van der Waals surface area contributed by atoms with E-state index in [1.807, 2.05) is 11.9 Å². The van der Waals surface area contributed by atoms with Gasteiger partial charge in [-0.15, -0.1) is 0 Å². The van der Waals surface area contributed by atoms with Crippen molar-refractivity contribution in [2.45, 2.75) is 50.7 Å². The first-order valence-corrected chi connectivity index (χ1v) is 6.83. The number of hydrogen-bond donors (Lipinski definition) is 1. The second-order valence-electron chi connectivity index (χ2n) is 5.47. The number of amides is 1. The van der Waals surface area contributed by atoms with Crippen molar-refractivity contribution < 1.29 is 9.90 Å². The number of β-amino-alcohol motifs (C(OH)–C–C–N with tert-alkyl or cyclic N) is 1. The average Bonchev–Trinajstić information content (AvgIpc) is 2.75. The van der Waals surface area contributed by atoms with Gasteiger partial charge in [-0.05, 0) is 19.3 Å². The Morgan fingerprint density at radius 3 is 2.59 bits per heavy atom. The fourth-order valence-corrected chi connectivity index (χ4v) is 2.93. The van der Waals surface area contributed by atoms with Gasteiger partial charge in [0.25, 0.3) is 0 Å². The Labute approximate surface area is 104 Å². The van der Waals surface area contributed by atoms with E-state index in [0.717, 1.165) is 25.8 Å². The van der Waals surface area contributed by atoms with Crippen molar-refractivity contribution >= 4 is 5.91 Å². The number of likely N-dealkylation sites (tertiary alicyclic amines) is 1. The molecule has 0 spiro atoms. The fraction of sp³-hybridized carbons (Fsp3) is 0.923. The van der Waals surface area contributed by atoms with Crippen LogP contribution in [0, 0.1) is 0 Å². The molecule has 0 aromatic heterocycles. The van der Waals surface area contributed by atoms with Crippen molar-refractivity contribution in [2.24, 2.45) is 0 Å². The van der Waals surface area contributed by atoms with Gasteiger partial charge < -0.3 is 10.0 Å². The Balaban J connectivity index is 1.78. The van der Waals surface area contributed by atoms with Crippen molar-refractivity contribution in [1.29, 1.82) is 0 Å². The number of carbonyl (C=O) groups excluding carboxylic acids is 1. The van der Waals surface area contributed by atoms with Gasteiger partial charge in [0, 0.05) is 26.2 Å². The van der Waals surface area contributed by atoms with Gasteiger partial charge in [0.05, 0.1) is 12.6 Å². The van der Waals surface area contributed by atoms with Gasteiger partial charge in [-0.2, -0.15) is 0 Å². The maximum absolute atomic E-state index is 12.1.